The molecule has 0 fully saturated rings. The molecule has 0 saturated carbocycles. The maximum absolute atomic E-state index is 12.2. The van der Waals surface area contributed by atoms with Crippen LogP contribution in [0.4, 0.5) is 0 Å². The van der Waals surface area contributed by atoms with Crippen molar-refractivity contribution in [2.24, 2.45) is 5.92 Å². The van der Waals surface area contributed by atoms with Crippen molar-refractivity contribution in [2.75, 3.05) is 6.61 Å². The van der Waals surface area contributed by atoms with Gasteiger partial charge in [0.05, 0.1) is 12.2 Å². The number of nitrogens with one attached hydrogen (secondary N) is 3. The van der Waals surface area contributed by atoms with E-state index in [4.69, 9.17) is 17.0 Å². The minimum Gasteiger partial charge on any atom is -0.493 e. The van der Waals surface area contributed by atoms with Gasteiger partial charge < -0.3 is 4.74 Å². The van der Waals surface area contributed by atoms with Crippen molar-refractivity contribution in [2.45, 2.75) is 13.8 Å². The molecule has 27 heavy (non-hydrogen) atoms. The standard InChI is InChI=1S/C19H20IN3O3S/c1-12(2)11-26-14-9-7-13(8-10-14)17(24)22-23-19(27)21-18(25)15-5-3-4-6-16(15)20/h3-10,12H,11H2,1-2H3,(H,22,24)(H2,21,23,25,27). The summed E-state index contributed by atoms with van der Waals surface area (Å²) < 4.78 is 6.38. The topological polar surface area (TPSA) is 79.5 Å². The van der Waals surface area contributed by atoms with E-state index in [2.05, 4.69) is 52.6 Å². The average Bonchev–Trinajstić information content (AvgIpc) is 2.65. The zero-order chi connectivity index (χ0) is 19.8. The van der Waals surface area contributed by atoms with Gasteiger partial charge in [0.25, 0.3) is 11.8 Å². The fraction of sp³-hybridized carbons (Fsp3) is 0.211. The van der Waals surface area contributed by atoms with Gasteiger partial charge in [-0.15, -0.1) is 0 Å². The summed E-state index contributed by atoms with van der Waals surface area (Å²) in [6.07, 6.45) is 0. The van der Waals surface area contributed by atoms with Crippen LogP contribution in [-0.4, -0.2) is 23.5 Å². The summed E-state index contributed by atoms with van der Waals surface area (Å²) in [6, 6.07) is 13.9. The van der Waals surface area contributed by atoms with E-state index in [0.717, 1.165) is 3.57 Å². The Morgan fingerprint density at radius 1 is 1.04 bits per heavy atom. The number of rotatable bonds is 5. The van der Waals surface area contributed by atoms with Gasteiger partial charge in [-0.25, -0.2) is 0 Å². The van der Waals surface area contributed by atoms with Crippen molar-refractivity contribution >= 4 is 51.7 Å². The second-order valence-corrected chi connectivity index (χ2v) is 7.64. The highest BCUT2D eigenvalue weighted by Gasteiger charge is 2.12. The summed E-state index contributed by atoms with van der Waals surface area (Å²) in [5.41, 5.74) is 5.92. The van der Waals surface area contributed by atoms with Crippen LogP contribution in [0.2, 0.25) is 0 Å². The Bertz CT molecular complexity index is 825. The quantitative estimate of drug-likeness (QED) is 0.336. The molecule has 2 aromatic rings. The highest BCUT2D eigenvalue weighted by atomic mass is 127. The number of benzene rings is 2. The van der Waals surface area contributed by atoms with E-state index in [1.54, 1.807) is 36.4 Å². The largest absolute Gasteiger partial charge is 0.493 e. The minimum absolute atomic E-state index is 0.00453. The zero-order valence-corrected chi connectivity index (χ0v) is 17.9. The third kappa shape index (κ3) is 6.79. The normalized spacial score (nSPS) is 10.2. The monoisotopic (exact) mass is 497 g/mol. The predicted molar refractivity (Wildman–Crippen MR) is 117 cm³/mol. The minimum atomic E-state index is -0.378. The molecule has 0 unspecified atom stereocenters. The predicted octanol–water partition coefficient (Wildman–Crippen LogP) is 3.28. The van der Waals surface area contributed by atoms with Crippen molar-refractivity contribution < 1.29 is 14.3 Å². The Balaban J connectivity index is 1.83. The SMILES string of the molecule is CC(C)COc1ccc(C(=O)NNC(=S)NC(=O)c2ccccc2I)cc1. The first-order valence-corrected chi connectivity index (χ1v) is 9.74. The molecule has 142 valence electrons. The smallest absolute Gasteiger partial charge is 0.269 e. The summed E-state index contributed by atoms with van der Waals surface area (Å²) in [5, 5.41) is 2.53. The molecule has 2 rings (SSSR count). The maximum Gasteiger partial charge on any atom is 0.269 e. The molecule has 0 saturated heterocycles. The van der Waals surface area contributed by atoms with Gasteiger partial charge in [-0.05, 0) is 77.1 Å². The van der Waals surface area contributed by atoms with E-state index in [1.165, 1.54) is 0 Å². The highest BCUT2D eigenvalue weighted by molar-refractivity contribution is 14.1. The van der Waals surface area contributed by atoms with Gasteiger partial charge in [0.1, 0.15) is 5.75 Å². The van der Waals surface area contributed by atoms with Gasteiger partial charge in [-0.3, -0.25) is 25.8 Å². The first-order chi connectivity index (χ1) is 12.9. The van der Waals surface area contributed by atoms with E-state index < -0.39 is 0 Å². The molecule has 0 radical (unpaired) electrons. The van der Waals surface area contributed by atoms with Crippen LogP contribution in [0.1, 0.15) is 34.6 Å². The Morgan fingerprint density at radius 2 is 1.70 bits per heavy atom. The molecule has 2 amide bonds. The summed E-state index contributed by atoms with van der Waals surface area (Å²) in [5.74, 6) is 0.399. The van der Waals surface area contributed by atoms with Crippen molar-refractivity contribution in [3.8, 4) is 5.75 Å². The first kappa shape index (κ1) is 21.1. The summed E-state index contributed by atoms with van der Waals surface area (Å²) in [6.45, 7) is 4.74. The number of hydrogen-bond donors (Lipinski definition) is 3. The van der Waals surface area contributed by atoms with E-state index in [0.29, 0.717) is 29.4 Å². The summed E-state index contributed by atoms with van der Waals surface area (Å²) >= 11 is 7.11. The van der Waals surface area contributed by atoms with Crippen LogP contribution < -0.4 is 20.9 Å². The molecule has 2 aromatic carbocycles. The fourth-order valence-corrected chi connectivity index (χ4v) is 2.77. The molecule has 0 atom stereocenters. The van der Waals surface area contributed by atoms with Crippen LogP contribution in [0.5, 0.6) is 5.75 Å². The van der Waals surface area contributed by atoms with Crippen LogP contribution in [0.25, 0.3) is 0 Å². The number of thiocarbonyl (C=S) groups is 1. The number of amides is 2. The van der Waals surface area contributed by atoms with Crippen LogP contribution in [0, 0.1) is 9.49 Å². The molecule has 0 heterocycles. The van der Waals surface area contributed by atoms with Gasteiger partial charge in [-0.1, -0.05) is 26.0 Å². The van der Waals surface area contributed by atoms with Gasteiger partial charge in [0.15, 0.2) is 5.11 Å². The maximum atomic E-state index is 12.2. The summed E-state index contributed by atoms with van der Waals surface area (Å²) in [7, 11) is 0. The molecule has 0 aliphatic rings. The van der Waals surface area contributed by atoms with Crippen molar-refractivity contribution in [1.82, 2.24) is 16.2 Å². The number of hydrazine groups is 1. The lowest BCUT2D eigenvalue weighted by molar-refractivity contribution is 0.0934. The van der Waals surface area contributed by atoms with Crippen LogP contribution >= 0.6 is 34.8 Å². The third-order valence-electron chi connectivity index (χ3n) is 3.33. The molecular formula is C19H20IN3O3S. The van der Waals surface area contributed by atoms with E-state index in [1.807, 2.05) is 12.1 Å². The number of halogens is 1. The lowest BCUT2D eigenvalue weighted by atomic mass is 10.2. The molecule has 3 N–H and O–H groups in total. The van der Waals surface area contributed by atoms with Crippen LogP contribution in [-0.2, 0) is 0 Å². The Hall–Kier alpha value is -2.20. The molecule has 0 aromatic heterocycles. The first-order valence-electron chi connectivity index (χ1n) is 8.26. The third-order valence-corrected chi connectivity index (χ3v) is 4.48. The molecule has 0 spiro atoms. The molecule has 0 aliphatic carbocycles. The lowest BCUT2D eigenvalue weighted by Gasteiger charge is -2.12. The number of hydrogen-bond acceptors (Lipinski definition) is 4. The molecular weight excluding hydrogens is 477 g/mol. The van der Waals surface area contributed by atoms with Crippen LogP contribution in [0.3, 0.4) is 0 Å². The van der Waals surface area contributed by atoms with Crippen molar-refractivity contribution in [1.29, 1.82) is 0 Å². The Kier molecular flexibility index (Phi) is 7.99. The number of ether oxygens (including phenoxy) is 1. The lowest BCUT2D eigenvalue weighted by Crippen LogP contribution is -2.48. The van der Waals surface area contributed by atoms with Gasteiger partial charge >= 0.3 is 0 Å². The average molecular weight is 497 g/mol. The van der Waals surface area contributed by atoms with Gasteiger partial charge in [-0.2, -0.15) is 0 Å². The zero-order valence-electron chi connectivity index (χ0n) is 14.9. The number of carbonyl (C=O) groups excluding carboxylic acids is 2. The highest BCUT2D eigenvalue weighted by Crippen LogP contribution is 2.13. The Labute approximate surface area is 177 Å². The van der Waals surface area contributed by atoms with Crippen molar-refractivity contribution in [3.05, 3.63) is 63.2 Å². The van der Waals surface area contributed by atoms with E-state index in [-0.39, 0.29) is 16.9 Å². The molecule has 8 heteroatoms. The molecule has 0 bridgehead atoms. The van der Waals surface area contributed by atoms with E-state index in [9.17, 15) is 9.59 Å². The Morgan fingerprint density at radius 3 is 2.33 bits per heavy atom. The molecule has 0 aliphatic heterocycles. The number of carbonyl (C=O) groups is 2. The summed E-state index contributed by atoms with van der Waals surface area (Å²) in [4.78, 5) is 24.3. The van der Waals surface area contributed by atoms with Gasteiger partial charge in [0, 0.05) is 9.13 Å². The second-order valence-electron chi connectivity index (χ2n) is 6.07. The van der Waals surface area contributed by atoms with E-state index >= 15 is 0 Å². The van der Waals surface area contributed by atoms with Crippen molar-refractivity contribution in [3.63, 3.8) is 0 Å². The van der Waals surface area contributed by atoms with Crippen LogP contribution in [0.15, 0.2) is 48.5 Å². The second kappa shape index (κ2) is 10.2. The molecule has 6 nitrogen and oxygen atoms in total. The van der Waals surface area contributed by atoms with Gasteiger partial charge in [0.2, 0.25) is 0 Å². The fourth-order valence-electron chi connectivity index (χ4n) is 2.00.